The van der Waals surface area contributed by atoms with Crippen LogP contribution in [0.4, 0.5) is 0 Å². The minimum Gasteiger partial charge on any atom is -0.491 e. The molecule has 0 amide bonds. The first-order valence-corrected chi connectivity index (χ1v) is 9.27. The number of ether oxygens (including phenoxy) is 3. The van der Waals surface area contributed by atoms with E-state index in [1.807, 2.05) is 12.1 Å². The van der Waals surface area contributed by atoms with E-state index in [-0.39, 0.29) is 23.4 Å². The third kappa shape index (κ3) is 4.30. The van der Waals surface area contributed by atoms with E-state index >= 15 is 0 Å². The van der Waals surface area contributed by atoms with Gasteiger partial charge in [-0.3, -0.25) is 9.59 Å². The second-order valence-electron chi connectivity index (χ2n) is 6.97. The Morgan fingerprint density at radius 2 is 1.93 bits per heavy atom. The van der Waals surface area contributed by atoms with Gasteiger partial charge in [0.15, 0.2) is 0 Å². The van der Waals surface area contributed by atoms with Crippen LogP contribution in [0.2, 0.25) is 0 Å². The molecular weight excluding hydrogens is 348 g/mol. The maximum atomic E-state index is 12.4. The summed E-state index contributed by atoms with van der Waals surface area (Å²) >= 11 is 0. The summed E-state index contributed by atoms with van der Waals surface area (Å²) < 4.78 is 15.9. The summed E-state index contributed by atoms with van der Waals surface area (Å²) in [5, 5.41) is 0.560. The predicted molar refractivity (Wildman–Crippen MR) is 101 cm³/mol. The number of hydrogen-bond donors (Lipinski definition) is 1. The summed E-state index contributed by atoms with van der Waals surface area (Å²) in [6.45, 7) is 2.66. The number of aromatic amines is 1. The van der Waals surface area contributed by atoms with Crippen LogP contribution in [0, 0.1) is 12.8 Å². The van der Waals surface area contributed by atoms with Gasteiger partial charge in [-0.15, -0.1) is 0 Å². The highest BCUT2D eigenvalue weighted by Gasteiger charge is 2.29. The van der Waals surface area contributed by atoms with Crippen molar-refractivity contribution < 1.29 is 19.0 Å². The molecule has 7 heteroatoms. The fraction of sp³-hybridized carbons (Fsp3) is 0.550. The number of nitrogens with zero attached hydrogens (tertiary/aromatic N) is 1. The highest BCUT2D eigenvalue weighted by molar-refractivity contribution is 5.81. The number of hydrogen-bond acceptors (Lipinski definition) is 6. The molecule has 0 unspecified atom stereocenters. The van der Waals surface area contributed by atoms with Crippen molar-refractivity contribution in [3.8, 4) is 5.75 Å². The molecule has 2 aromatic rings. The molecule has 1 heterocycles. The molecule has 0 bridgehead atoms. The average Bonchev–Trinajstić information content (AvgIpc) is 2.67. The topological polar surface area (TPSA) is 90.5 Å². The molecule has 27 heavy (non-hydrogen) atoms. The second kappa shape index (κ2) is 8.52. The highest BCUT2D eigenvalue weighted by atomic mass is 16.5. The van der Waals surface area contributed by atoms with E-state index in [0.717, 1.165) is 37.0 Å². The van der Waals surface area contributed by atoms with Crippen molar-refractivity contribution >= 4 is 16.9 Å². The number of H-pyrrole nitrogens is 1. The van der Waals surface area contributed by atoms with Crippen LogP contribution in [-0.2, 0) is 14.3 Å². The molecule has 1 N–H and O–H groups in total. The monoisotopic (exact) mass is 374 g/mol. The van der Waals surface area contributed by atoms with Gasteiger partial charge in [-0.1, -0.05) is 0 Å². The van der Waals surface area contributed by atoms with E-state index in [2.05, 4.69) is 9.97 Å². The molecule has 0 saturated heterocycles. The second-order valence-corrected chi connectivity index (χ2v) is 6.97. The summed E-state index contributed by atoms with van der Waals surface area (Å²) in [6, 6.07) is 3.74. The first-order chi connectivity index (χ1) is 13.0. The van der Waals surface area contributed by atoms with Crippen LogP contribution >= 0.6 is 0 Å². The number of methoxy groups -OCH3 is 2. The Hall–Kier alpha value is -2.41. The van der Waals surface area contributed by atoms with Gasteiger partial charge in [-0.2, -0.15) is 0 Å². The van der Waals surface area contributed by atoms with Crippen molar-refractivity contribution in [2.75, 3.05) is 27.4 Å². The average molecular weight is 374 g/mol. The maximum Gasteiger partial charge on any atom is 0.308 e. The van der Waals surface area contributed by atoms with E-state index < -0.39 is 0 Å². The molecule has 7 nitrogen and oxygen atoms in total. The lowest BCUT2D eigenvalue weighted by Crippen LogP contribution is -2.22. The lowest BCUT2D eigenvalue weighted by molar-refractivity contribution is -0.146. The van der Waals surface area contributed by atoms with E-state index in [4.69, 9.17) is 14.2 Å². The van der Waals surface area contributed by atoms with Crippen molar-refractivity contribution in [3.05, 3.63) is 33.9 Å². The quantitative estimate of drug-likeness (QED) is 0.618. The molecule has 0 spiro atoms. The van der Waals surface area contributed by atoms with Crippen LogP contribution in [0.3, 0.4) is 0 Å². The van der Waals surface area contributed by atoms with Crippen molar-refractivity contribution in [1.29, 1.82) is 0 Å². The molecule has 1 aliphatic carbocycles. The zero-order valence-electron chi connectivity index (χ0n) is 16.0. The van der Waals surface area contributed by atoms with Gasteiger partial charge in [-0.25, -0.2) is 4.98 Å². The molecular formula is C20H26N2O5. The molecule has 1 aromatic heterocycles. The first kappa shape index (κ1) is 19.4. The van der Waals surface area contributed by atoms with Crippen LogP contribution in [0.15, 0.2) is 16.9 Å². The predicted octanol–water partition coefficient (Wildman–Crippen LogP) is 2.70. The molecule has 0 radical (unpaired) electrons. The van der Waals surface area contributed by atoms with Crippen LogP contribution in [0.25, 0.3) is 10.9 Å². The third-order valence-corrected chi connectivity index (χ3v) is 5.20. The van der Waals surface area contributed by atoms with Crippen molar-refractivity contribution in [2.24, 2.45) is 5.92 Å². The fourth-order valence-corrected chi connectivity index (χ4v) is 3.79. The van der Waals surface area contributed by atoms with Gasteiger partial charge in [0.05, 0.1) is 30.5 Å². The molecule has 1 fully saturated rings. The van der Waals surface area contributed by atoms with Gasteiger partial charge in [0.2, 0.25) is 0 Å². The van der Waals surface area contributed by atoms with Crippen LogP contribution < -0.4 is 10.3 Å². The lowest BCUT2D eigenvalue weighted by atomic mass is 9.78. The smallest absolute Gasteiger partial charge is 0.308 e. The van der Waals surface area contributed by atoms with Gasteiger partial charge in [0, 0.05) is 13.2 Å². The van der Waals surface area contributed by atoms with Crippen molar-refractivity contribution in [2.45, 2.75) is 38.5 Å². The Balaban J connectivity index is 1.93. The zero-order valence-corrected chi connectivity index (χ0v) is 16.0. The number of esters is 1. The minimum absolute atomic E-state index is 0.0442. The maximum absolute atomic E-state index is 12.4. The largest absolute Gasteiger partial charge is 0.491 e. The van der Waals surface area contributed by atoms with Gasteiger partial charge in [-0.05, 0) is 50.2 Å². The zero-order chi connectivity index (χ0) is 19.4. The number of carbonyl (C=O) groups is 1. The molecule has 0 atom stereocenters. The number of benzene rings is 1. The summed E-state index contributed by atoms with van der Waals surface area (Å²) in [6.07, 6.45) is 3.25. The van der Waals surface area contributed by atoms with E-state index in [9.17, 15) is 9.59 Å². The number of fused-ring (bicyclic) bond motifs is 1. The summed E-state index contributed by atoms with van der Waals surface area (Å²) in [5.41, 5.74) is 1.47. The van der Waals surface area contributed by atoms with E-state index in [1.54, 1.807) is 14.0 Å². The summed E-state index contributed by atoms with van der Waals surface area (Å²) in [5.74, 6) is 1.35. The number of carbonyl (C=O) groups excluding carboxylic acids is 1. The van der Waals surface area contributed by atoms with E-state index in [0.29, 0.717) is 29.9 Å². The van der Waals surface area contributed by atoms with Crippen LogP contribution in [-0.4, -0.2) is 43.4 Å². The SMILES string of the molecule is COCCOc1cc2nc(C)[nH]c(=O)c2cc1C1CCC(C(=O)OC)CC1. The Bertz CT molecular complexity index is 869. The molecule has 0 aliphatic heterocycles. The fourth-order valence-electron chi connectivity index (χ4n) is 3.79. The molecule has 146 valence electrons. The Kier molecular flexibility index (Phi) is 6.11. The standard InChI is InChI=1S/C20H26N2O5/c1-12-21-17-11-18(27-9-8-25-2)15(10-16(17)19(23)22-12)13-4-6-14(7-5-13)20(24)26-3/h10-11,13-14H,4-9H2,1-3H3,(H,21,22,23). The molecule has 1 aliphatic rings. The normalized spacial score (nSPS) is 19.8. The number of rotatable bonds is 6. The molecule has 1 saturated carbocycles. The minimum atomic E-state index is -0.148. The number of aromatic nitrogens is 2. The number of nitrogens with one attached hydrogen (secondary N) is 1. The van der Waals surface area contributed by atoms with E-state index in [1.165, 1.54) is 7.11 Å². The van der Waals surface area contributed by atoms with Crippen molar-refractivity contribution in [1.82, 2.24) is 9.97 Å². The summed E-state index contributed by atoms with van der Waals surface area (Å²) in [4.78, 5) is 31.3. The van der Waals surface area contributed by atoms with Gasteiger partial charge in [0.25, 0.3) is 5.56 Å². The first-order valence-electron chi connectivity index (χ1n) is 9.27. The van der Waals surface area contributed by atoms with Crippen LogP contribution in [0.5, 0.6) is 5.75 Å². The third-order valence-electron chi connectivity index (χ3n) is 5.20. The van der Waals surface area contributed by atoms with Gasteiger partial charge < -0.3 is 19.2 Å². The Morgan fingerprint density at radius 3 is 2.59 bits per heavy atom. The Morgan fingerprint density at radius 1 is 1.19 bits per heavy atom. The Labute approximate surface area is 158 Å². The highest BCUT2D eigenvalue weighted by Crippen LogP contribution is 2.41. The lowest BCUT2D eigenvalue weighted by Gasteiger charge is -2.28. The molecule has 1 aromatic carbocycles. The molecule has 3 rings (SSSR count). The van der Waals surface area contributed by atoms with Crippen LogP contribution in [0.1, 0.15) is 43.0 Å². The van der Waals surface area contributed by atoms with Gasteiger partial charge in [0.1, 0.15) is 18.2 Å². The number of aryl methyl sites for hydroxylation is 1. The summed E-state index contributed by atoms with van der Waals surface area (Å²) in [7, 11) is 3.06. The van der Waals surface area contributed by atoms with Crippen molar-refractivity contribution in [3.63, 3.8) is 0 Å². The van der Waals surface area contributed by atoms with Gasteiger partial charge >= 0.3 is 5.97 Å².